The van der Waals surface area contributed by atoms with Crippen LogP contribution in [0.2, 0.25) is 0 Å². The van der Waals surface area contributed by atoms with Crippen LogP contribution in [0.3, 0.4) is 0 Å². The van der Waals surface area contributed by atoms with Crippen LogP contribution in [-0.2, 0) is 26.1 Å². The second-order valence-electron chi connectivity index (χ2n) is 5.64. The monoisotopic (exact) mass is 355 g/mol. The molecule has 0 spiro atoms. The molecule has 0 atom stereocenters. The van der Waals surface area contributed by atoms with E-state index in [-0.39, 0.29) is 5.91 Å². The predicted octanol–water partition coefficient (Wildman–Crippen LogP) is 2.36. The second-order valence-corrected chi connectivity index (χ2v) is 6.58. The van der Waals surface area contributed by atoms with Crippen molar-refractivity contribution in [3.8, 4) is 0 Å². The fraction of sp³-hybridized carbons (Fsp3) is 0.278. The van der Waals surface area contributed by atoms with E-state index in [1.54, 1.807) is 11.6 Å². The molecule has 0 aliphatic rings. The maximum atomic E-state index is 12.1. The Labute approximate surface area is 150 Å². The van der Waals surface area contributed by atoms with Gasteiger partial charge in [-0.15, -0.1) is 11.3 Å². The topological polar surface area (TPSA) is 85.8 Å². The number of nitrogens with one attached hydrogen (secondary N) is 1. The quantitative estimate of drug-likeness (QED) is 0.649. The van der Waals surface area contributed by atoms with Crippen LogP contribution >= 0.6 is 11.3 Å². The molecule has 0 aliphatic carbocycles. The number of carbonyl (C=O) groups excluding carboxylic acids is 1. The molecule has 3 aromatic rings. The summed E-state index contributed by atoms with van der Waals surface area (Å²) in [5.74, 6) is 0.644. The fourth-order valence-electron chi connectivity index (χ4n) is 2.57. The first-order valence-electron chi connectivity index (χ1n) is 8.23. The number of hydrogen-bond acceptors (Lipinski definition) is 5. The molecular weight excluding hydrogens is 334 g/mol. The first-order chi connectivity index (χ1) is 12.3. The minimum atomic E-state index is -0.199. The van der Waals surface area contributed by atoms with Crippen molar-refractivity contribution < 1.29 is 4.79 Å². The van der Waals surface area contributed by atoms with E-state index in [9.17, 15) is 4.79 Å². The number of nitrogens with zero attached hydrogens (tertiary/aromatic N) is 3. The maximum absolute atomic E-state index is 12.1. The van der Waals surface area contributed by atoms with E-state index in [0.717, 1.165) is 30.2 Å². The first kappa shape index (κ1) is 17.3. The molecule has 1 aromatic carbocycles. The molecular formula is C18H21N5OS. The van der Waals surface area contributed by atoms with Crippen molar-refractivity contribution in [2.24, 2.45) is 5.73 Å². The SMILES string of the molecule is NCc1nc(C(=O)NCc2nccn2CCCc2ccccc2)cs1. The van der Waals surface area contributed by atoms with Gasteiger partial charge in [0.2, 0.25) is 0 Å². The Morgan fingerprint density at radius 3 is 2.88 bits per heavy atom. The van der Waals surface area contributed by atoms with Gasteiger partial charge in [-0.1, -0.05) is 30.3 Å². The molecule has 1 amide bonds. The molecule has 0 aliphatic heterocycles. The average molecular weight is 355 g/mol. The number of rotatable bonds is 8. The Morgan fingerprint density at radius 2 is 2.12 bits per heavy atom. The van der Waals surface area contributed by atoms with E-state index in [4.69, 9.17) is 5.73 Å². The third kappa shape index (κ3) is 4.74. The smallest absolute Gasteiger partial charge is 0.271 e. The number of carbonyl (C=O) groups is 1. The predicted molar refractivity (Wildman–Crippen MR) is 98.2 cm³/mol. The van der Waals surface area contributed by atoms with Gasteiger partial charge in [0.15, 0.2) is 0 Å². The second kappa shape index (κ2) is 8.55. The summed E-state index contributed by atoms with van der Waals surface area (Å²) in [6.07, 6.45) is 5.75. The van der Waals surface area contributed by atoms with Crippen molar-refractivity contribution in [1.29, 1.82) is 0 Å². The Kier molecular flexibility index (Phi) is 5.92. The number of nitrogens with two attached hydrogens (primary N) is 1. The van der Waals surface area contributed by atoms with Crippen molar-refractivity contribution in [2.75, 3.05) is 0 Å². The van der Waals surface area contributed by atoms with Crippen LogP contribution in [0.25, 0.3) is 0 Å². The standard InChI is InChI=1S/C18H21N5OS/c19-11-17-22-15(13-25-17)18(24)21-12-16-20-8-10-23(16)9-4-7-14-5-2-1-3-6-14/h1-3,5-6,8,10,13H,4,7,9,11-12,19H2,(H,21,24). The van der Waals surface area contributed by atoms with Crippen LogP contribution in [0.1, 0.15) is 33.3 Å². The van der Waals surface area contributed by atoms with Crippen LogP contribution in [-0.4, -0.2) is 20.4 Å². The molecule has 25 heavy (non-hydrogen) atoms. The summed E-state index contributed by atoms with van der Waals surface area (Å²) < 4.78 is 2.08. The Bertz CT molecular complexity index is 812. The highest BCUT2D eigenvalue weighted by molar-refractivity contribution is 7.09. The van der Waals surface area contributed by atoms with Gasteiger partial charge >= 0.3 is 0 Å². The van der Waals surface area contributed by atoms with Crippen LogP contribution < -0.4 is 11.1 Å². The lowest BCUT2D eigenvalue weighted by Crippen LogP contribution is -2.25. The number of benzene rings is 1. The molecule has 0 saturated heterocycles. The van der Waals surface area contributed by atoms with Gasteiger partial charge in [0.1, 0.15) is 16.5 Å². The molecule has 2 aromatic heterocycles. The number of aryl methyl sites for hydroxylation is 2. The van der Waals surface area contributed by atoms with Crippen molar-refractivity contribution >= 4 is 17.2 Å². The highest BCUT2D eigenvalue weighted by Crippen LogP contribution is 2.09. The molecule has 6 nitrogen and oxygen atoms in total. The van der Waals surface area contributed by atoms with Crippen LogP contribution in [0.5, 0.6) is 0 Å². The number of aromatic nitrogens is 3. The number of imidazole rings is 1. The van der Waals surface area contributed by atoms with Crippen molar-refractivity contribution in [3.63, 3.8) is 0 Å². The third-order valence-electron chi connectivity index (χ3n) is 3.88. The largest absolute Gasteiger partial charge is 0.343 e. The van der Waals surface area contributed by atoms with Gasteiger partial charge in [0, 0.05) is 30.9 Å². The normalized spacial score (nSPS) is 10.8. The average Bonchev–Trinajstić information content (AvgIpc) is 3.30. The molecule has 0 bridgehead atoms. The summed E-state index contributed by atoms with van der Waals surface area (Å²) in [6.45, 7) is 1.60. The number of hydrogen-bond donors (Lipinski definition) is 2. The van der Waals surface area contributed by atoms with Gasteiger partial charge in [0.05, 0.1) is 6.54 Å². The minimum absolute atomic E-state index is 0.199. The van der Waals surface area contributed by atoms with Crippen molar-refractivity contribution in [1.82, 2.24) is 19.9 Å². The van der Waals surface area contributed by atoms with E-state index in [1.165, 1.54) is 16.9 Å². The molecule has 7 heteroatoms. The summed E-state index contributed by atoms with van der Waals surface area (Å²) in [4.78, 5) is 20.7. The summed E-state index contributed by atoms with van der Waals surface area (Å²) >= 11 is 1.40. The maximum Gasteiger partial charge on any atom is 0.271 e. The first-order valence-corrected chi connectivity index (χ1v) is 9.11. The van der Waals surface area contributed by atoms with Crippen LogP contribution in [0.15, 0.2) is 48.1 Å². The molecule has 2 heterocycles. The molecule has 0 radical (unpaired) electrons. The zero-order chi connectivity index (χ0) is 17.5. The highest BCUT2D eigenvalue weighted by atomic mass is 32.1. The zero-order valence-electron chi connectivity index (χ0n) is 13.9. The van der Waals surface area contributed by atoms with E-state index in [1.807, 2.05) is 12.3 Å². The van der Waals surface area contributed by atoms with Gasteiger partial charge in [-0.25, -0.2) is 9.97 Å². The van der Waals surface area contributed by atoms with Crippen LogP contribution in [0.4, 0.5) is 0 Å². The molecule has 0 saturated carbocycles. The van der Waals surface area contributed by atoms with E-state index < -0.39 is 0 Å². The van der Waals surface area contributed by atoms with E-state index in [2.05, 4.69) is 44.1 Å². The lowest BCUT2D eigenvalue weighted by molar-refractivity contribution is 0.0945. The Hall–Kier alpha value is -2.51. The zero-order valence-corrected chi connectivity index (χ0v) is 14.7. The van der Waals surface area contributed by atoms with Crippen LogP contribution in [0, 0.1) is 0 Å². The van der Waals surface area contributed by atoms with Crippen molar-refractivity contribution in [3.05, 3.63) is 70.2 Å². The molecule has 3 N–H and O–H groups in total. The Balaban J connectivity index is 1.50. The summed E-state index contributed by atoms with van der Waals surface area (Å²) in [5, 5.41) is 5.35. The fourth-order valence-corrected chi connectivity index (χ4v) is 3.22. The van der Waals surface area contributed by atoms with Gasteiger partial charge in [-0.05, 0) is 18.4 Å². The highest BCUT2D eigenvalue weighted by Gasteiger charge is 2.11. The summed E-state index contributed by atoms with van der Waals surface area (Å²) in [6, 6.07) is 10.4. The summed E-state index contributed by atoms with van der Waals surface area (Å²) in [7, 11) is 0. The molecule has 0 unspecified atom stereocenters. The summed E-state index contributed by atoms with van der Waals surface area (Å²) in [5.41, 5.74) is 7.27. The lowest BCUT2D eigenvalue weighted by Gasteiger charge is -2.08. The van der Waals surface area contributed by atoms with Gasteiger partial charge in [-0.2, -0.15) is 0 Å². The van der Waals surface area contributed by atoms with E-state index >= 15 is 0 Å². The van der Waals surface area contributed by atoms with Crippen molar-refractivity contribution in [2.45, 2.75) is 32.5 Å². The molecule has 0 fully saturated rings. The van der Waals surface area contributed by atoms with Gasteiger partial charge < -0.3 is 15.6 Å². The Morgan fingerprint density at radius 1 is 1.28 bits per heavy atom. The van der Waals surface area contributed by atoms with Gasteiger partial charge in [0.25, 0.3) is 5.91 Å². The minimum Gasteiger partial charge on any atom is -0.343 e. The number of amides is 1. The molecule has 130 valence electrons. The van der Waals surface area contributed by atoms with Gasteiger partial charge in [-0.3, -0.25) is 4.79 Å². The third-order valence-corrected chi connectivity index (χ3v) is 4.75. The van der Waals surface area contributed by atoms with E-state index in [0.29, 0.717) is 18.8 Å². The lowest BCUT2D eigenvalue weighted by atomic mass is 10.1. The number of thiazole rings is 1. The molecule has 3 rings (SSSR count).